The smallest absolute Gasteiger partial charge is 0.343 e. The van der Waals surface area contributed by atoms with Gasteiger partial charge in [-0.3, -0.25) is 4.79 Å². The number of carbonyl (C=O) groups is 2. The molecule has 1 atom stereocenters. The minimum Gasteiger partial charge on any atom is -0.451 e. The number of esters is 1. The van der Waals surface area contributed by atoms with Gasteiger partial charge in [0.05, 0.1) is 5.02 Å². The molecule has 0 radical (unpaired) electrons. The second kappa shape index (κ2) is 6.50. The van der Waals surface area contributed by atoms with Crippen LogP contribution in [0.5, 0.6) is 0 Å². The highest BCUT2D eigenvalue weighted by atomic mass is 35.5. The second-order valence-corrected chi connectivity index (χ2v) is 4.78. The molecule has 0 spiro atoms. The number of rotatable bonds is 4. The van der Waals surface area contributed by atoms with E-state index >= 15 is 0 Å². The van der Waals surface area contributed by atoms with Crippen LogP contribution >= 0.6 is 11.6 Å². The van der Waals surface area contributed by atoms with Crippen molar-refractivity contribution in [3.63, 3.8) is 0 Å². The van der Waals surface area contributed by atoms with Gasteiger partial charge in [-0.25, -0.2) is 9.18 Å². The predicted molar refractivity (Wildman–Crippen MR) is 77.1 cm³/mol. The lowest BCUT2D eigenvalue weighted by atomic mass is 10.1. The Morgan fingerprint density at radius 3 is 2.38 bits per heavy atom. The first kappa shape index (κ1) is 15.2. The molecule has 1 unspecified atom stereocenters. The van der Waals surface area contributed by atoms with Crippen molar-refractivity contribution in [1.82, 2.24) is 0 Å². The fourth-order valence-corrected chi connectivity index (χ4v) is 2.04. The molecule has 0 saturated carbocycles. The fourth-order valence-electron chi connectivity index (χ4n) is 1.80. The van der Waals surface area contributed by atoms with Crippen molar-refractivity contribution in [2.24, 2.45) is 0 Å². The predicted octanol–water partition coefficient (Wildman–Crippen LogP) is 3.91. The zero-order valence-corrected chi connectivity index (χ0v) is 11.9. The van der Waals surface area contributed by atoms with E-state index in [9.17, 15) is 14.0 Å². The van der Waals surface area contributed by atoms with Gasteiger partial charge in [-0.05, 0) is 19.1 Å². The van der Waals surface area contributed by atoms with Crippen molar-refractivity contribution < 1.29 is 18.7 Å². The van der Waals surface area contributed by atoms with Gasteiger partial charge in [-0.2, -0.15) is 0 Å². The van der Waals surface area contributed by atoms with Crippen LogP contribution in [0.1, 0.15) is 27.6 Å². The van der Waals surface area contributed by atoms with Crippen LogP contribution in [0.4, 0.5) is 4.39 Å². The summed E-state index contributed by atoms with van der Waals surface area (Å²) in [6, 6.07) is 12.3. The number of hydrogen-bond acceptors (Lipinski definition) is 3. The van der Waals surface area contributed by atoms with Crippen LogP contribution in [0, 0.1) is 5.82 Å². The molecule has 108 valence electrons. The van der Waals surface area contributed by atoms with Crippen molar-refractivity contribution in [2.75, 3.05) is 0 Å². The number of Topliss-reactive ketones (excluding diaryl/α,β-unsaturated/α-hetero) is 1. The van der Waals surface area contributed by atoms with Gasteiger partial charge in [-0.1, -0.05) is 48.0 Å². The second-order valence-electron chi connectivity index (χ2n) is 4.37. The number of ether oxygens (including phenoxy) is 1. The Morgan fingerprint density at radius 2 is 1.76 bits per heavy atom. The molecule has 0 heterocycles. The monoisotopic (exact) mass is 306 g/mol. The minimum atomic E-state index is -1.03. The summed E-state index contributed by atoms with van der Waals surface area (Å²) in [7, 11) is 0. The topological polar surface area (TPSA) is 43.4 Å². The summed E-state index contributed by atoms with van der Waals surface area (Å²) in [6.45, 7) is 1.43. The van der Waals surface area contributed by atoms with Crippen LogP contribution in [-0.2, 0) is 4.74 Å². The number of benzene rings is 2. The van der Waals surface area contributed by atoms with Crippen LogP contribution < -0.4 is 0 Å². The zero-order valence-electron chi connectivity index (χ0n) is 11.2. The molecule has 3 nitrogen and oxygen atoms in total. The maximum atomic E-state index is 13.6. The van der Waals surface area contributed by atoms with Gasteiger partial charge in [0, 0.05) is 5.56 Å². The lowest BCUT2D eigenvalue weighted by Crippen LogP contribution is -2.25. The van der Waals surface area contributed by atoms with Gasteiger partial charge in [0.2, 0.25) is 5.78 Å². The Labute approximate surface area is 126 Å². The van der Waals surface area contributed by atoms with Crippen molar-refractivity contribution in [3.8, 4) is 0 Å². The van der Waals surface area contributed by atoms with E-state index < -0.39 is 17.9 Å². The molecule has 0 aliphatic heterocycles. The SMILES string of the molecule is CC(OC(=O)c1c(F)cccc1Cl)C(=O)c1ccccc1. The third-order valence-electron chi connectivity index (χ3n) is 2.88. The van der Waals surface area contributed by atoms with Gasteiger partial charge in [-0.15, -0.1) is 0 Å². The van der Waals surface area contributed by atoms with Gasteiger partial charge >= 0.3 is 5.97 Å². The lowest BCUT2D eigenvalue weighted by molar-refractivity contribution is 0.0314. The van der Waals surface area contributed by atoms with Crippen LogP contribution in [-0.4, -0.2) is 17.9 Å². The largest absolute Gasteiger partial charge is 0.451 e. The molecule has 0 amide bonds. The molecule has 0 fully saturated rings. The summed E-state index contributed by atoms with van der Waals surface area (Å²) in [6.07, 6.45) is -1.03. The Bertz CT molecular complexity index is 650. The van der Waals surface area contributed by atoms with Gasteiger partial charge < -0.3 is 4.74 Å². The molecular formula is C16H12ClFO3. The Balaban J connectivity index is 2.15. The summed E-state index contributed by atoms with van der Waals surface area (Å²) in [4.78, 5) is 24.0. The molecule has 2 aromatic rings. The lowest BCUT2D eigenvalue weighted by Gasteiger charge is -2.13. The van der Waals surface area contributed by atoms with Gasteiger partial charge in [0.25, 0.3) is 0 Å². The Hall–Kier alpha value is -2.20. The Kier molecular flexibility index (Phi) is 4.70. The number of halogens is 2. The van der Waals surface area contributed by atoms with Crippen LogP contribution in [0.15, 0.2) is 48.5 Å². The maximum Gasteiger partial charge on any atom is 0.343 e. The molecule has 0 aromatic heterocycles. The van der Waals surface area contributed by atoms with Crippen molar-refractivity contribution in [3.05, 3.63) is 70.5 Å². The van der Waals surface area contributed by atoms with E-state index in [1.807, 2.05) is 0 Å². The average molecular weight is 307 g/mol. The van der Waals surface area contributed by atoms with E-state index in [1.54, 1.807) is 30.3 Å². The molecular weight excluding hydrogens is 295 g/mol. The third kappa shape index (κ3) is 3.47. The van der Waals surface area contributed by atoms with Crippen molar-refractivity contribution in [1.29, 1.82) is 0 Å². The molecule has 0 saturated heterocycles. The molecule has 0 aliphatic rings. The molecule has 0 bridgehead atoms. The minimum absolute atomic E-state index is 0.0561. The highest BCUT2D eigenvalue weighted by Gasteiger charge is 2.23. The van der Waals surface area contributed by atoms with Gasteiger partial charge in [0.1, 0.15) is 11.4 Å². The summed E-state index contributed by atoms with van der Waals surface area (Å²) in [5.74, 6) is -2.11. The van der Waals surface area contributed by atoms with Crippen LogP contribution in [0.3, 0.4) is 0 Å². The molecule has 0 aliphatic carbocycles. The van der Waals surface area contributed by atoms with E-state index in [-0.39, 0.29) is 16.4 Å². The molecule has 2 aromatic carbocycles. The fraction of sp³-hybridized carbons (Fsp3) is 0.125. The summed E-state index contributed by atoms with van der Waals surface area (Å²) >= 11 is 5.78. The first-order valence-corrected chi connectivity index (χ1v) is 6.62. The average Bonchev–Trinajstić information content (AvgIpc) is 2.47. The van der Waals surface area contributed by atoms with Crippen molar-refractivity contribution >= 4 is 23.4 Å². The maximum absolute atomic E-state index is 13.6. The van der Waals surface area contributed by atoms with E-state index in [2.05, 4.69) is 0 Å². The third-order valence-corrected chi connectivity index (χ3v) is 3.19. The Morgan fingerprint density at radius 1 is 1.10 bits per heavy atom. The first-order chi connectivity index (χ1) is 10.0. The first-order valence-electron chi connectivity index (χ1n) is 6.25. The standard InChI is InChI=1S/C16H12ClFO3/c1-10(15(19)11-6-3-2-4-7-11)21-16(20)14-12(17)8-5-9-13(14)18/h2-10H,1H3. The van der Waals surface area contributed by atoms with Crippen molar-refractivity contribution in [2.45, 2.75) is 13.0 Å². The molecule has 0 N–H and O–H groups in total. The normalized spacial score (nSPS) is 11.8. The van der Waals surface area contributed by atoms with Crippen LogP contribution in [0.2, 0.25) is 5.02 Å². The molecule has 21 heavy (non-hydrogen) atoms. The van der Waals surface area contributed by atoms with E-state index in [1.165, 1.54) is 19.1 Å². The van der Waals surface area contributed by atoms with E-state index in [0.29, 0.717) is 5.56 Å². The number of carbonyl (C=O) groups excluding carboxylic acids is 2. The number of hydrogen-bond donors (Lipinski definition) is 0. The summed E-state index contributed by atoms with van der Waals surface area (Å²) in [5.41, 5.74) is 0.0457. The zero-order chi connectivity index (χ0) is 15.4. The highest BCUT2D eigenvalue weighted by Crippen LogP contribution is 2.21. The van der Waals surface area contributed by atoms with Crippen LogP contribution in [0.25, 0.3) is 0 Å². The molecule has 5 heteroatoms. The summed E-state index contributed by atoms with van der Waals surface area (Å²) in [5, 5.41) is -0.0561. The summed E-state index contributed by atoms with van der Waals surface area (Å²) < 4.78 is 18.6. The highest BCUT2D eigenvalue weighted by molar-refractivity contribution is 6.33. The quantitative estimate of drug-likeness (QED) is 0.635. The number of ketones is 1. The molecule has 2 rings (SSSR count). The van der Waals surface area contributed by atoms with E-state index in [0.717, 1.165) is 6.07 Å². The van der Waals surface area contributed by atoms with Gasteiger partial charge in [0.15, 0.2) is 6.10 Å². The van der Waals surface area contributed by atoms with E-state index in [4.69, 9.17) is 16.3 Å².